The number of carbonyl (C=O) groups is 1. The molecule has 0 fully saturated rings. The molecule has 0 bridgehead atoms. The zero-order chi connectivity index (χ0) is 15.7. The van der Waals surface area contributed by atoms with Gasteiger partial charge in [0.05, 0.1) is 15.8 Å². The van der Waals surface area contributed by atoms with E-state index in [2.05, 4.69) is 10.3 Å². The Morgan fingerprint density at radius 1 is 1.32 bits per heavy atom. The fourth-order valence-electron chi connectivity index (χ4n) is 2.25. The first-order valence-electron chi connectivity index (χ1n) is 7.08. The Morgan fingerprint density at radius 2 is 2.09 bits per heavy atom. The lowest BCUT2D eigenvalue weighted by molar-refractivity contribution is -0.115. The lowest BCUT2D eigenvalue weighted by Crippen LogP contribution is -2.09. The van der Waals surface area contributed by atoms with Gasteiger partial charge in [-0.1, -0.05) is 19.1 Å². The van der Waals surface area contributed by atoms with E-state index in [-0.39, 0.29) is 11.7 Å². The molecule has 1 heterocycles. The summed E-state index contributed by atoms with van der Waals surface area (Å²) in [7, 11) is 0. The maximum absolute atomic E-state index is 11.6. The van der Waals surface area contributed by atoms with E-state index in [9.17, 15) is 9.90 Å². The number of hydrogen-bond donors (Lipinski definition) is 2. The van der Waals surface area contributed by atoms with Gasteiger partial charge in [-0.25, -0.2) is 4.98 Å². The Labute approximate surface area is 132 Å². The van der Waals surface area contributed by atoms with E-state index >= 15 is 0 Å². The largest absolute Gasteiger partial charge is 0.507 e. The maximum Gasteiger partial charge on any atom is 0.224 e. The van der Waals surface area contributed by atoms with E-state index in [0.717, 1.165) is 15.2 Å². The lowest BCUT2D eigenvalue weighted by Gasteiger charge is -2.10. The Bertz CT molecular complexity index is 822. The number of benzene rings is 2. The second kappa shape index (κ2) is 5.77. The molecule has 0 radical (unpaired) electrons. The molecule has 2 N–H and O–H groups in total. The highest BCUT2D eigenvalue weighted by Crippen LogP contribution is 2.38. The number of thiazole rings is 1. The molecule has 4 nitrogen and oxygen atoms in total. The van der Waals surface area contributed by atoms with Crippen LogP contribution >= 0.6 is 11.3 Å². The normalized spacial score (nSPS) is 10.8. The van der Waals surface area contributed by atoms with Crippen molar-refractivity contribution in [2.24, 2.45) is 0 Å². The summed E-state index contributed by atoms with van der Waals surface area (Å²) in [5.41, 5.74) is 2.94. The molecule has 3 rings (SSSR count). The Hall–Kier alpha value is -2.40. The van der Waals surface area contributed by atoms with Crippen molar-refractivity contribution < 1.29 is 9.90 Å². The van der Waals surface area contributed by atoms with Gasteiger partial charge in [0.2, 0.25) is 5.91 Å². The van der Waals surface area contributed by atoms with Crippen LogP contribution in [0.1, 0.15) is 18.9 Å². The summed E-state index contributed by atoms with van der Waals surface area (Å²) in [6, 6.07) is 11.4. The number of amides is 1. The number of phenolic OH excluding ortho intramolecular Hbond substituents is 1. The molecule has 5 heteroatoms. The first-order chi connectivity index (χ1) is 10.6. The van der Waals surface area contributed by atoms with Gasteiger partial charge in [0, 0.05) is 12.1 Å². The highest BCUT2D eigenvalue weighted by molar-refractivity contribution is 7.21. The lowest BCUT2D eigenvalue weighted by atomic mass is 10.1. The van der Waals surface area contributed by atoms with Crippen LogP contribution in [-0.2, 0) is 4.79 Å². The molecule has 3 aromatic rings. The number of aromatic nitrogens is 1. The number of aromatic hydroxyl groups is 1. The van der Waals surface area contributed by atoms with Gasteiger partial charge < -0.3 is 10.4 Å². The molecule has 0 saturated heterocycles. The van der Waals surface area contributed by atoms with Crippen LogP contribution in [0.15, 0.2) is 36.4 Å². The van der Waals surface area contributed by atoms with Gasteiger partial charge in [0.1, 0.15) is 10.8 Å². The number of anilines is 1. The highest BCUT2D eigenvalue weighted by atomic mass is 32.1. The fraction of sp³-hybridized carbons (Fsp3) is 0.176. The summed E-state index contributed by atoms with van der Waals surface area (Å²) < 4.78 is 1.07. The molecular formula is C17H16N2O2S. The van der Waals surface area contributed by atoms with E-state index in [0.29, 0.717) is 23.2 Å². The molecule has 112 valence electrons. The van der Waals surface area contributed by atoms with Crippen molar-refractivity contribution in [2.45, 2.75) is 20.3 Å². The fourth-order valence-corrected chi connectivity index (χ4v) is 3.23. The van der Waals surface area contributed by atoms with Crippen molar-refractivity contribution in [3.63, 3.8) is 0 Å². The molecular weight excluding hydrogens is 296 g/mol. The van der Waals surface area contributed by atoms with Crippen molar-refractivity contribution in [1.82, 2.24) is 4.98 Å². The van der Waals surface area contributed by atoms with E-state index in [1.54, 1.807) is 19.1 Å². The van der Waals surface area contributed by atoms with Gasteiger partial charge in [0.25, 0.3) is 0 Å². The van der Waals surface area contributed by atoms with Crippen molar-refractivity contribution >= 4 is 33.1 Å². The Morgan fingerprint density at radius 3 is 2.82 bits per heavy atom. The van der Waals surface area contributed by atoms with Gasteiger partial charge >= 0.3 is 0 Å². The quantitative estimate of drug-likeness (QED) is 0.708. The average molecular weight is 312 g/mol. The maximum atomic E-state index is 11.6. The van der Waals surface area contributed by atoms with Crippen molar-refractivity contribution in [3.8, 4) is 16.3 Å². The van der Waals surface area contributed by atoms with Crippen LogP contribution < -0.4 is 5.32 Å². The van der Waals surface area contributed by atoms with Crippen molar-refractivity contribution in [2.75, 3.05) is 5.32 Å². The number of para-hydroxylation sites is 1. The van der Waals surface area contributed by atoms with Gasteiger partial charge in [0.15, 0.2) is 0 Å². The van der Waals surface area contributed by atoms with Gasteiger partial charge in [-0.3, -0.25) is 4.79 Å². The molecule has 0 atom stereocenters. The third-order valence-corrected chi connectivity index (χ3v) is 4.50. The second-order valence-corrected chi connectivity index (χ2v) is 6.11. The van der Waals surface area contributed by atoms with Crippen LogP contribution in [0.25, 0.3) is 20.8 Å². The average Bonchev–Trinajstić information content (AvgIpc) is 2.94. The zero-order valence-electron chi connectivity index (χ0n) is 12.4. The number of phenols is 1. The molecule has 0 aliphatic heterocycles. The third-order valence-electron chi connectivity index (χ3n) is 3.43. The highest BCUT2D eigenvalue weighted by Gasteiger charge is 2.14. The topological polar surface area (TPSA) is 62.2 Å². The number of hydrogen-bond acceptors (Lipinski definition) is 4. The summed E-state index contributed by atoms with van der Waals surface area (Å²) in [5, 5.41) is 13.9. The van der Waals surface area contributed by atoms with E-state index < -0.39 is 0 Å². The summed E-state index contributed by atoms with van der Waals surface area (Å²) in [6.45, 7) is 3.62. The molecule has 1 aromatic heterocycles. The number of nitrogens with zero attached hydrogens (tertiary/aromatic N) is 1. The van der Waals surface area contributed by atoms with Crippen molar-refractivity contribution in [3.05, 3.63) is 42.0 Å². The summed E-state index contributed by atoms with van der Waals surface area (Å²) in [5.74, 6) is 0.147. The number of carbonyl (C=O) groups excluding carboxylic acids is 1. The van der Waals surface area contributed by atoms with Gasteiger partial charge in [-0.2, -0.15) is 0 Å². The summed E-state index contributed by atoms with van der Waals surface area (Å²) in [4.78, 5) is 16.2. The Balaban J connectivity index is 2.10. The molecule has 2 aromatic carbocycles. The minimum atomic E-state index is -0.0552. The van der Waals surface area contributed by atoms with Gasteiger partial charge in [-0.05, 0) is 36.8 Å². The standard InChI is InChI=1S/C17H16N2O2S/c1-3-15(20)18-11-8-10(2)16(21)12(9-11)17-19-13-6-4-5-7-14(13)22-17/h4-9,21H,3H2,1-2H3,(H,18,20). The van der Waals surface area contributed by atoms with Crippen LogP contribution in [0.5, 0.6) is 5.75 Å². The Kier molecular flexibility index (Phi) is 3.81. The smallest absolute Gasteiger partial charge is 0.224 e. The molecule has 1 amide bonds. The first kappa shape index (κ1) is 14.5. The zero-order valence-corrected chi connectivity index (χ0v) is 13.2. The van der Waals surface area contributed by atoms with Gasteiger partial charge in [-0.15, -0.1) is 11.3 Å². The molecule has 0 unspecified atom stereocenters. The molecule has 0 spiro atoms. The number of nitrogens with one attached hydrogen (secondary N) is 1. The predicted octanol–water partition coefficient (Wildman–Crippen LogP) is 4.33. The molecule has 22 heavy (non-hydrogen) atoms. The SMILES string of the molecule is CCC(=O)Nc1cc(C)c(O)c(-c2nc3ccccc3s2)c1. The monoisotopic (exact) mass is 312 g/mol. The molecule has 0 aliphatic rings. The van der Waals surface area contributed by atoms with Crippen LogP contribution in [0.2, 0.25) is 0 Å². The van der Waals surface area contributed by atoms with Crippen LogP contribution in [0.3, 0.4) is 0 Å². The number of fused-ring (bicyclic) bond motifs is 1. The number of rotatable bonds is 3. The summed E-state index contributed by atoms with van der Waals surface area (Å²) in [6.07, 6.45) is 0.413. The van der Waals surface area contributed by atoms with Crippen LogP contribution in [0, 0.1) is 6.92 Å². The van der Waals surface area contributed by atoms with Crippen LogP contribution in [0.4, 0.5) is 5.69 Å². The minimum Gasteiger partial charge on any atom is -0.507 e. The third kappa shape index (κ3) is 2.67. The second-order valence-electron chi connectivity index (χ2n) is 5.08. The van der Waals surface area contributed by atoms with Crippen LogP contribution in [-0.4, -0.2) is 16.0 Å². The first-order valence-corrected chi connectivity index (χ1v) is 7.89. The van der Waals surface area contributed by atoms with Crippen molar-refractivity contribution in [1.29, 1.82) is 0 Å². The molecule has 0 saturated carbocycles. The summed E-state index contributed by atoms with van der Waals surface area (Å²) >= 11 is 1.52. The molecule has 0 aliphatic carbocycles. The predicted molar refractivity (Wildman–Crippen MR) is 90.4 cm³/mol. The number of aryl methyl sites for hydroxylation is 1. The van der Waals surface area contributed by atoms with E-state index in [1.165, 1.54) is 11.3 Å². The minimum absolute atomic E-state index is 0.0552. The van der Waals surface area contributed by atoms with E-state index in [1.807, 2.05) is 31.2 Å². The van der Waals surface area contributed by atoms with E-state index in [4.69, 9.17) is 0 Å².